The molecule has 0 unspecified atom stereocenters. The van der Waals surface area contributed by atoms with Crippen molar-refractivity contribution in [2.24, 2.45) is 23.2 Å². The second-order valence-corrected chi connectivity index (χ2v) is 16.3. The number of hydrogen-bond donors (Lipinski definition) is 0. The van der Waals surface area contributed by atoms with Crippen molar-refractivity contribution in [1.82, 2.24) is 0 Å². The third-order valence-corrected chi connectivity index (χ3v) is 13.7. The van der Waals surface area contributed by atoms with Crippen LogP contribution in [0.3, 0.4) is 0 Å². The molecule has 0 spiro atoms. The number of benzene rings is 2. The summed E-state index contributed by atoms with van der Waals surface area (Å²) in [5.74, 6) is 1.15. The summed E-state index contributed by atoms with van der Waals surface area (Å²) < 4.78 is 7.29. The highest BCUT2D eigenvalue weighted by atomic mass is 28.4. The largest absolute Gasteiger partial charge is 0.403 e. The maximum Gasteiger partial charge on any atom is 0.261 e. The molecular formula is C31H42O2Si. The lowest BCUT2D eigenvalue weighted by molar-refractivity contribution is -0.126. The SMILES string of the molecule is CC(=O)[C@@H]1[C@H](C)C(CO[Si](c2ccccc2)(c2ccccc2)C(C)(C)C)=C[C@]2(C)CCCC[C@@H]12. The van der Waals surface area contributed by atoms with Crippen LogP contribution in [0, 0.1) is 23.2 Å². The topological polar surface area (TPSA) is 26.3 Å². The molecule has 2 aliphatic rings. The molecule has 0 aliphatic heterocycles. The number of carbonyl (C=O) groups is 1. The van der Waals surface area contributed by atoms with E-state index < -0.39 is 8.32 Å². The quantitative estimate of drug-likeness (QED) is 0.351. The molecular weight excluding hydrogens is 432 g/mol. The van der Waals surface area contributed by atoms with E-state index in [4.69, 9.17) is 4.43 Å². The third kappa shape index (κ3) is 4.38. The van der Waals surface area contributed by atoms with E-state index in [0.717, 1.165) is 0 Å². The minimum atomic E-state index is -2.61. The third-order valence-electron chi connectivity index (χ3n) is 8.74. The standard InChI is InChI=1S/C31H42O2Si/c1-23-25(21-31(6)20-14-13-19-28(31)29(23)24(2)32)22-33-34(30(3,4)5,26-15-9-7-10-16-26)27-17-11-8-12-18-27/h7-12,15-18,21,23,28-29H,13-14,19-20,22H2,1-6H3/t23-,28+,29+,31+/m1/s1. The van der Waals surface area contributed by atoms with Gasteiger partial charge in [-0.25, -0.2) is 0 Å². The first-order valence-corrected chi connectivity index (χ1v) is 15.0. The Bertz CT molecular complexity index is 981. The summed E-state index contributed by atoms with van der Waals surface area (Å²) in [5.41, 5.74) is 1.43. The van der Waals surface area contributed by atoms with Crippen molar-refractivity contribution in [1.29, 1.82) is 0 Å². The molecule has 0 radical (unpaired) electrons. The van der Waals surface area contributed by atoms with Crippen LogP contribution < -0.4 is 10.4 Å². The fourth-order valence-electron chi connectivity index (χ4n) is 7.05. The van der Waals surface area contributed by atoms with E-state index in [0.29, 0.717) is 18.3 Å². The number of fused-ring (bicyclic) bond motifs is 1. The summed E-state index contributed by atoms with van der Waals surface area (Å²) in [6.07, 6.45) is 7.38. The summed E-state index contributed by atoms with van der Waals surface area (Å²) in [6, 6.07) is 21.7. The first-order valence-electron chi connectivity index (χ1n) is 13.1. The molecule has 0 heterocycles. The van der Waals surface area contributed by atoms with E-state index >= 15 is 0 Å². The number of Topliss-reactive ketones (excluding diaryl/α,β-unsaturated/α-hetero) is 1. The molecule has 4 atom stereocenters. The van der Waals surface area contributed by atoms with Crippen LogP contribution in [0.2, 0.25) is 5.04 Å². The molecule has 0 saturated heterocycles. The molecule has 2 aromatic carbocycles. The van der Waals surface area contributed by atoms with E-state index in [9.17, 15) is 4.79 Å². The van der Waals surface area contributed by atoms with Crippen molar-refractivity contribution in [3.8, 4) is 0 Å². The lowest BCUT2D eigenvalue weighted by atomic mass is 9.55. The summed E-state index contributed by atoms with van der Waals surface area (Å²) in [4.78, 5) is 12.9. The first-order chi connectivity index (χ1) is 16.1. The zero-order chi connectivity index (χ0) is 24.6. The Kier molecular flexibility index (Phi) is 7.08. The number of allylic oxidation sites excluding steroid dienone is 1. The minimum Gasteiger partial charge on any atom is -0.403 e. The zero-order valence-corrected chi connectivity index (χ0v) is 22.9. The van der Waals surface area contributed by atoms with E-state index in [1.54, 1.807) is 0 Å². The van der Waals surface area contributed by atoms with Crippen molar-refractivity contribution in [3.63, 3.8) is 0 Å². The highest BCUT2D eigenvalue weighted by Crippen LogP contribution is 2.53. The fraction of sp³-hybridized carbons (Fsp3) is 0.516. The molecule has 1 fully saturated rings. The molecule has 4 rings (SSSR count). The van der Waals surface area contributed by atoms with Gasteiger partial charge >= 0.3 is 0 Å². The van der Waals surface area contributed by atoms with E-state index in [2.05, 4.69) is 101 Å². The predicted octanol–water partition coefficient (Wildman–Crippen LogP) is 6.54. The monoisotopic (exact) mass is 474 g/mol. The van der Waals surface area contributed by atoms with Gasteiger partial charge in [-0.15, -0.1) is 0 Å². The molecule has 34 heavy (non-hydrogen) atoms. The Morgan fingerprint density at radius 1 is 1.00 bits per heavy atom. The van der Waals surface area contributed by atoms with Crippen LogP contribution in [0.25, 0.3) is 0 Å². The Morgan fingerprint density at radius 2 is 1.56 bits per heavy atom. The maximum absolute atomic E-state index is 12.9. The number of hydrogen-bond acceptors (Lipinski definition) is 2. The molecule has 0 bridgehead atoms. The lowest BCUT2D eigenvalue weighted by Gasteiger charge is -2.50. The van der Waals surface area contributed by atoms with Gasteiger partial charge in [-0.2, -0.15) is 0 Å². The Hall–Kier alpha value is -1.97. The average molecular weight is 475 g/mol. The van der Waals surface area contributed by atoms with Crippen LogP contribution in [0.1, 0.15) is 67.2 Å². The van der Waals surface area contributed by atoms with E-state index in [1.807, 2.05) is 6.92 Å². The zero-order valence-electron chi connectivity index (χ0n) is 21.9. The van der Waals surface area contributed by atoms with Crippen molar-refractivity contribution >= 4 is 24.5 Å². The summed E-state index contributed by atoms with van der Waals surface area (Å²) in [5, 5.41) is 2.57. The van der Waals surface area contributed by atoms with Gasteiger partial charge in [0.1, 0.15) is 5.78 Å². The van der Waals surface area contributed by atoms with Gasteiger partial charge in [0.2, 0.25) is 0 Å². The molecule has 0 N–H and O–H groups in total. The van der Waals surface area contributed by atoms with Gasteiger partial charge in [0.25, 0.3) is 8.32 Å². The molecule has 0 amide bonds. The molecule has 1 saturated carbocycles. The highest BCUT2D eigenvalue weighted by molar-refractivity contribution is 6.99. The second kappa shape index (κ2) is 9.58. The molecule has 2 aliphatic carbocycles. The van der Waals surface area contributed by atoms with Gasteiger partial charge in [-0.3, -0.25) is 4.79 Å². The van der Waals surface area contributed by atoms with Crippen molar-refractivity contribution in [2.75, 3.05) is 6.61 Å². The van der Waals surface area contributed by atoms with Gasteiger partial charge in [0.05, 0.1) is 6.61 Å². The van der Waals surface area contributed by atoms with Crippen LogP contribution in [-0.4, -0.2) is 20.7 Å². The van der Waals surface area contributed by atoms with Gasteiger partial charge in [-0.1, -0.05) is 114 Å². The summed E-state index contributed by atoms with van der Waals surface area (Å²) in [6.45, 7) is 14.0. The minimum absolute atomic E-state index is 0.0502. The fourth-order valence-corrected chi connectivity index (χ4v) is 11.6. The average Bonchev–Trinajstić information content (AvgIpc) is 2.80. The van der Waals surface area contributed by atoms with E-state index in [1.165, 1.54) is 41.6 Å². The van der Waals surface area contributed by atoms with Gasteiger partial charge in [0.15, 0.2) is 0 Å². The molecule has 2 aromatic rings. The highest BCUT2D eigenvalue weighted by Gasteiger charge is 2.52. The molecule has 182 valence electrons. The van der Waals surface area contributed by atoms with Crippen molar-refractivity contribution < 1.29 is 9.22 Å². The smallest absolute Gasteiger partial charge is 0.261 e. The van der Waals surface area contributed by atoms with Crippen molar-refractivity contribution in [3.05, 3.63) is 72.3 Å². The predicted molar refractivity (Wildman–Crippen MR) is 145 cm³/mol. The molecule has 0 aromatic heterocycles. The van der Waals surface area contributed by atoms with Gasteiger partial charge in [-0.05, 0) is 58.0 Å². The number of rotatable bonds is 6. The van der Waals surface area contributed by atoms with Crippen LogP contribution in [-0.2, 0) is 9.22 Å². The molecule has 3 heteroatoms. The van der Waals surface area contributed by atoms with E-state index in [-0.39, 0.29) is 22.3 Å². The Labute approximate surface area is 208 Å². The first kappa shape index (κ1) is 25.1. The maximum atomic E-state index is 12.9. The van der Waals surface area contributed by atoms with Crippen LogP contribution in [0.5, 0.6) is 0 Å². The van der Waals surface area contributed by atoms with Crippen LogP contribution in [0.15, 0.2) is 72.3 Å². The number of carbonyl (C=O) groups excluding carboxylic acids is 1. The Balaban J connectivity index is 1.78. The van der Waals surface area contributed by atoms with Crippen molar-refractivity contribution in [2.45, 2.75) is 72.3 Å². The summed E-state index contributed by atoms with van der Waals surface area (Å²) >= 11 is 0. The Morgan fingerprint density at radius 3 is 2.06 bits per heavy atom. The normalized spacial score (nSPS) is 27.6. The summed E-state index contributed by atoms with van der Waals surface area (Å²) in [7, 11) is -2.61. The molecule has 2 nitrogen and oxygen atoms in total. The van der Waals surface area contributed by atoms with Gasteiger partial charge in [0, 0.05) is 5.92 Å². The number of ketones is 1. The van der Waals surface area contributed by atoms with Crippen LogP contribution >= 0.6 is 0 Å². The van der Waals surface area contributed by atoms with Gasteiger partial charge < -0.3 is 4.43 Å². The lowest BCUT2D eigenvalue weighted by Crippen LogP contribution is -2.66. The second-order valence-electron chi connectivity index (χ2n) is 12.0. The van der Waals surface area contributed by atoms with Crippen LogP contribution in [0.4, 0.5) is 0 Å².